The van der Waals surface area contributed by atoms with Gasteiger partial charge in [-0.3, -0.25) is 9.59 Å². The van der Waals surface area contributed by atoms with Crippen molar-refractivity contribution in [2.75, 3.05) is 0 Å². The monoisotopic (exact) mass is 198 g/mol. The maximum absolute atomic E-state index is 11.1. The lowest BCUT2D eigenvalue weighted by molar-refractivity contribution is -0.243. The molecule has 0 radical (unpaired) electrons. The van der Waals surface area contributed by atoms with Gasteiger partial charge in [0.1, 0.15) is 6.42 Å². The highest BCUT2D eigenvalue weighted by Gasteiger charge is 2.51. The van der Waals surface area contributed by atoms with Crippen molar-refractivity contribution in [1.82, 2.24) is 0 Å². The largest absolute Gasteiger partial charge is 0.422 e. The summed E-state index contributed by atoms with van der Waals surface area (Å²) in [5.41, 5.74) is 0.0812. The Morgan fingerprint density at radius 3 is 2.07 bits per heavy atom. The Labute approximate surface area is 82.6 Å². The first-order chi connectivity index (χ1) is 6.41. The van der Waals surface area contributed by atoms with Gasteiger partial charge in [-0.25, -0.2) is 0 Å². The highest BCUT2D eigenvalue weighted by Crippen LogP contribution is 2.47. The van der Waals surface area contributed by atoms with Crippen molar-refractivity contribution in [3.8, 4) is 0 Å². The standard InChI is InChI=1S/C10H14O4/c1-9(2)3-4-10(6-9)13-7(11)5-8(12)14-10/h3-6H2,1-2H3. The van der Waals surface area contributed by atoms with E-state index in [4.69, 9.17) is 9.47 Å². The summed E-state index contributed by atoms with van der Waals surface area (Å²) in [7, 11) is 0. The molecular formula is C10H14O4. The van der Waals surface area contributed by atoms with E-state index in [1.165, 1.54) is 0 Å². The van der Waals surface area contributed by atoms with E-state index in [-0.39, 0.29) is 11.8 Å². The minimum absolute atomic E-state index is 0.0812. The number of esters is 2. The van der Waals surface area contributed by atoms with E-state index in [1.54, 1.807) is 0 Å². The van der Waals surface area contributed by atoms with Crippen LogP contribution in [0.3, 0.4) is 0 Å². The molecule has 0 bridgehead atoms. The topological polar surface area (TPSA) is 52.6 Å². The number of hydrogen-bond acceptors (Lipinski definition) is 4. The molecule has 2 aliphatic rings. The smallest absolute Gasteiger partial charge is 0.320 e. The Morgan fingerprint density at radius 1 is 1.07 bits per heavy atom. The Kier molecular flexibility index (Phi) is 1.84. The average molecular weight is 198 g/mol. The van der Waals surface area contributed by atoms with Crippen LogP contribution in [0, 0.1) is 5.41 Å². The molecule has 14 heavy (non-hydrogen) atoms. The van der Waals surface area contributed by atoms with Crippen LogP contribution in [0.15, 0.2) is 0 Å². The molecule has 0 atom stereocenters. The van der Waals surface area contributed by atoms with Gasteiger partial charge in [0.05, 0.1) is 0 Å². The van der Waals surface area contributed by atoms with E-state index in [0.717, 1.165) is 6.42 Å². The number of rotatable bonds is 0. The molecule has 1 saturated heterocycles. The first-order valence-electron chi connectivity index (χ1n) is 4.85. The zero-order valence-electron chi connectivity index (χ0n) is 8.46. The molecule has 0 aromatic rings. The van der Waals surface area contributed by atoms with E-state index in [1.807, 2.05) is 0 Å². The fraction of sp³-hybridized carbons (Fsp3) is 0.800. The Morgan fingerprint density at radius 2 is 1.64 bits per heavy atom. The molecule has 4 heteroatoms. The second-order valence-corrected chi connectivity index (χ2v) is 4.88. The lowest BCUT2D eigenvalue weighted by atomic mass is 9.91. The Bertz CT molecular complexity index is 276. The zero-order chi connectivity index (χ0) is 10.4. The molecule has 0 amide bonds. The van der Waals surface area contributed by atoms with Gasteiger partial charge in [-0.05, 0) is 11.8 Å². The maximum Gasteiger partial charge on any atom is 0.320 e. The van der Waals surface area contributed by atoms with Crippen molar-refractivity contribution in [2.45, 2.75) is 45.3 Å². The minimum atomic E-state index is -0.948. The van der Waals surface area contributed by atoms with Crippen LogP contribution in [-0.2, 0) is 19.1 Å². The third kappa shape index (κ3) is 1.61. The summed E-state index contributed by atoms with van der Waals surface area (Å²) in [4.78, 5) is 22.2. The molecule has 0 aromatic carbocycles. The second-order valence-electron chi connectivity index (χ2n) is 4.88. The maximum atomic E-state index is 11.1. The number of carbonyl (C=O) groups is 2. The first-order valence-corrected chi connectivity index (χ1v) is 4.85. The van der Waals surface area contributed by atoms with Gasteiger partial charge in [-0.15, -0.1) is 0 Å². The summed E-state index contributed by atoms with van der Waals surface area (Å²) in [6, 6.07) is 0. The molecule has 78 valence electrons. The molecule has 1 aliphatic carbocycles. The highest BCUT2D eigenvalue weighted by molar-refractivity contribution is 5.93. The molecule has 1 heterocycles. The van der Waals surface area contributed by atoms with Gasteiger partial charge >= 0.3 is 11.9 Å². The van der Waals surface area contributed by atoms with Gasteiger partial charge in [0, 0.05) is 12.8 Å². The van der Waals surface area contributed by atoms with Gasteiger partial charge < -0.3 is 9.47 Å². The van der Waals surface area contributed by atoms with Crippen molar-refractivity contribution in [3.63, 3.8) is 0 Å². The molecule has 4 nitrogen and oxygen atoms in total. The van der Waals surface area contributed by atoms with Crippen LogP contribution < -0.4 is 0 Å². The fourth-order valence-electron chi connectivity index (χ4n) is 2.23. The second kappa shape index (κ2) is 2.72. The molecule has 2 fully saturated rings. The normalized spacial score (nSPS) is 28.7. The van der Waals surface area contributed by atoms with Crippen LogP contribution in [0.4, 0.5) is 0 Å². The van der Waals surface area contributed by atoms with E-state index in [9.17, 15) is 9.59 Å². The highest BCUT2D eigenvalue weighted by atomic mass is 16.7. The molecule has 1 spiro atoms. The van der Waals surface area contributed by atoms with Crippen molar-refractivity contribution in [1.29, 1.82) is 0 Å². The van der Waals surface area contributed by atoms with Crippen LogP contribution in [0.1, 0.15) is 39.5 Å². The quantitative estimate of drug-likeness (QED) is 0.436. The predicted octanol–water partition coefficient (Wildman–Crippen LogP) is 1.38. The Balaban J connectivity index is 2.17. The van der Waals surface area contributed by atoms with Crippen molar-refractivity contribution in [3.05, 3.63) is 0 Å². The van der Waals surface area contributed by atoms with Gasteiger partial charge in [0.15, 0.2) is 0 Å². The molecule has 2 rings (SSSR count). The van der Waals surface area contributed by atoms with Crippen LogP contribution in [0.5, 0.6) is 0 Å². The molecule has 1 saturated carbocycles. The van der Waals surface area contributed by atoms with E-state index in [2.05, 4.69) is 13.8 Å². The molecule has 0 aromatic heterocycles. The SMILES string of the molecule is CC1(C)CCC2(C1)OC(=O)CC(=O)O2. The fourth-order valence-corrected chi connectivity index (χ4v) is 2.23. The summed E-state index contributed by atoms with van der Waals surface area (Å²) >= 11 is 0. The summed E-state index contributed by atoms with van der Waals surface area (Å²) in [6.45, 7) is 4.16. The van der Waals surface area contributed by atoms with Crippen molar-refractivity contribution < 1.29 is 19.1 Å². The Hall–Kier alpha value is -1.06. The summed E-state index contributed by atoms with van der Waals surface area (Å²) in [6.07, 6.45) is 1.89. The first kappa shape index (κ1) is 9.49. The van der Waals surface area contributed by atoms with Crippen molar-refractivity contribution >= 4 is 11.9 Å². The van der Waals surface area contributed by atoms with Crippen molar-refractivity contribution in [2.24, 2.45) is 5.41 Å². The lowest BCUT2D eigenvalue weighted by Gasteiger charge is -2.33. The molecular weight excluding hydrogens is 184 g/mol. The summed E-state index contributed by atoms with van der Waals surface area (Å²) in [5.74, 6) is -1.87. The summed E-state index contributed by atoms with van der Waals surface area (Å²) < 4.78 is 10.3. The van der Waals surface area contributed by atoms with Gasteiger partial charge in [0.25, 0.3) is 5.79 Å². The number of ether oxygens (including phenoxy) is 2. The van der Waals surface area contributed by atoms with Gasteiger partial charge in [-0.2, -0.15) is 0 Å². The lowest BCUT2D eigenvalue weighted by Crippen LogP contribution is -2.43. The molecule has 0 N–H and O–H groups in total. The minimum Gasteiger partial charge on any atom is -0.422 e. The van der Waals surface area contributed by atoms with Gasteiger partial charge in [0.2, 0.25) is 0 Å². The average Bonchev–Trinajstić information content (AvgIpc) is 2.23. The van der Waals surface area contributed by atoms with Crippen LogP contribution >= 0.6 is 0 Å². The van der Waals surface area contributed by atoms with Crippen LogP contribution in [0.25, 0.3) is 0 Å². The number of carbonyl (C=O) groups excluding carboxylic acids is 2. The summed E-state index contributed by atoms with van der Waals surface area (Å²) in [5, 5.41) is 0. The number of hydrogen-bond donors (Lipinski definition) is 0. The molecule has 1 aliphatic heterocycles. The van der Waals surface area contributed by atoms with E-state index < -0.39 is 17.7 Å². The van der Waals surface area contributed by atoms with E-state index in [0.29, 0.717) is 12.8 Å². The zero-order valence-corrected chi connectivity index (χ0v) is 8.46. The van der Waals surface area contributed by atoms with Gasteiger partial charge in [-0.1, -0.05) is 13.8 Å². The van der Waals surface area contributed by atoms with Crippen LogP contribution in [-0.4, -0.2) is 17.7 Å². The predicted molar refractivity (Wildman–Crippen MR) is 47.2 cm³/mol. The van der Waals surface area contributed by atoms with E-state index >= 15 is 0 Å². The molecule has 0 unspecified atom stereocenters. The third-order valence-corrected chi connectivity index (χ3v) is 2.82. The third-order valence-electron chi connectivity index (χ3n) is 2.82. The van der Waals surface area contributed by atoms with Crippen LogP contribution in [0.2, 0.25) is 0 Å².